The number of nitrogens with one attached hydrogen (secondary N) is 1. The van der Waals surface area contributed by atoms with Crippen molar-refractivity contribution in [1.82, 2.24) is 29.8 Å². The predicted octanol–water partition coefficient (Wildman–Crippen LogP) is 0.0782. The molecule has 2 atom stereocenters. The van der Waals surface area contributed by atoms with Gasteiger partial charge in [-0.2, -0.15) is 10.2 Å². The van der Waals surface area contributed by atoms with Gasteiger partial charge in [0.2, 0.25) is 5.91 Å². The normalized spacial score (nSPS) is 21.2. The molecule has 0 unspecified atom stereocenters. The van der Waals surface area contributed by atoms with Crippen LogP contribution in [0.25, 0.3) is 0 Å². The molecule has 7 nitrogen and oxygen atoms in total. The lowest BCUT2D eigenvalue weighted by Gasteiger charge is -2.24. The minimum absolute atomic E-state index is 0.0215. The zero-order chi connectivity index (χ0) is 15.5. The predicted molar refractivity (Wildman–Crippen MR) is 82.2 cm³/mol. The Labute approximate surface area is 129 Å². The molecule has 3 rings (SSSR count). The van der Waals surface area contributed by atoms with Crippen molar-refractivity contribution in [2.24, 2.45) is 13.0 Å². The first-order chi connectivity index (χ1) is 10.6. The van der Waals surface area contributed by atoms with Crippen LogP contribution in [0.3, 0.4) is 0 Å². The minimum Gasteiger partial charge on any atom is -0.344 e. The average Bonchev–Trinajstić information content (AvgIpc) is 3.24. The number of carbonyl (C=O) groups is 1. The lowest BCUT2D eigenvalue weighted by Crippen LogP contribution is -2.37. The monoisotopic (exact) mass is 302 g/mol. The van der Waals surface area contributed by atoms with Gasteiger partial charge in [0.25, 0.3) is 0 Å². The van der Waals surface area contributed by atoms with Crippen molar-refractivity contribution in [1.29, 1.82) is 0 Å². The highest BCUT2D eigenvalue weighted by atomic mass is 16.2. The molecular weight excluding hydrogens is 280 g/mol. The first-order valence-corrected chi connectivity index (χ1v) is 7.57. The SMILES string of the molecule is CN(CCn1cccn1)C(=O)[C@H]1CNC[C@@H]1c1cnn(C)c1. The zero-order valence-corrected chi connectivity index (χ0v) is 13.0. The number of hydrogen-bond acceptors (Lipinski definition) is 4. The second-order valence-electron chi connectivity index (χ2n) is 5.85. The van der Waals surface area contributed by atoms with Crippen molar-refractivity contribution in [2.75, 3.05) is 26.7 Å². The van der Waals surface area contributed by atoms with Crippen LogP contribution in [0.5, 0.6) is 0 Å². The van der Waals surface area contributed by atoms with Gasteiger partial charge in [-0.15, -0.1) is 0 Å². The van der Waals surface area contributed by atoms with Gasteiger partial charge in [-0.3, -0.25) is 14.2 Å². The van der Waals surface area contributed by atoms with Crippen LogP contribution in [0.2, 0.25) is 0 Å². The maximum atomic E-state index is 12.7. The van der Waals surface area contributed by atoms with Crippen molar-refractivity contribution in [3.05, 3.63) is 36.4 Å². The van der Waals surface area contributed by atoms with E-state index in [1.807, 2.05) is 48.3 Å². The van der Waals surface area contributed by atoms with E-state index < -0.39 is 0 Å². The average molecular weight is 302 g/mol. The lowest BCUT2D eigenvalue weighted by atomic mass is 9.90. The maximum absolute atomic E-state index is 12.7. The molecule has 1 aliphatic rings. The van der Waals surface area contributed by atoms with Crippen LogP contribution < -0.4 is 5.32 Å². The summed E-state index contributed by atoms with van der Waals surface area (Å²) in [7, 11) is 3.77. The van der Waals surface area contributed by atoms with Crippen molar-refractivity contribution in [2.45, 2.75) is 12.5 Å². The Morgan fingerprint density at radius 2 is 2.32 bits per heavy atom. The highest BCUT2D eigenvalue weighted by Gasteiger charge is 2.36. The van der Waals surface area contributed by atoms with Crippen LogP contribution in [-0.2, 0) is 18.4 Å². The molecule has 2 aromatic heterocycles. The fraction of sp³-hybridized carbons (Fsp3) is 0.533. The van der Waals surface area contributed by atoms with Crippen molar-refractivity contribution in [3.8, 4) is 0 Å². The van der Waals surface area contributed by atoms with Crippen LogP contribution >= 0.6 is 0 Å². The third kappa shape index (κ3) is 3.04. The first-order valence-electron chi connectivity index (χ1n) is 7.57. The van der Waals surface area contributed by atoms with Crippen LogP contribution in [-0.4, -0.2) is 57.1 Å². The van der Waals surface area contributed by atoms with Crippen molar-refractivity contribution in [3.63, 3.8) is 0 Å². The number of likely N-dealkylation sites (N-methyl/N-ethyl adjacent to an activating group) is 1. The van der Waals surface area contributed by atoms with Gasteiger partial charge in [0.15, 0.2) is 0 Å². The Hall–Kier alpha value is -2.15. The smallest absolute Gasteiger partial charge is 0.227 e. The molecule has 0 spiro atoms. The zero-order valence-electron chi connectivity index (χ0n) is 13.0. The molecule has 22 heavy (non-hydrogen) atoms. The molecule has 1 fully saturated rings. The number of amides is 1. The Kier molecular flexibility index (Phi) is 4.24. The topological polar surface area (TPSA) is 68.0 Å². The third-order valence-electron chi connectivity index (χ3n) is 4.28. The fourth-order valence-corrected chi connectivity index (χ4v) is 3.00. The van der Waals surface area contributed by atoms with Gasteiger partial charge in [0.1, 0.15) is 0 Å². The standard InChI is InChI=1S/C15H22N6O/c1-19(6-7-21-5-3-4-17-21)15(22)14-10-16-9-13(14)12-8-18-20(2)11-12/h3-5,8,11,13-14,16H,6-7,9-10H2,1-2H3/t13-,14+/m1/s1. The van der Waals surface area contributed by atoms with Crippen molar-refractivity contribution >= 4 is 5.91 Å². The summed E-state index contributed by atoms with van der Waals surface area (Å²) < 4.78 is 3.63. The Morgan fingerprint density at radius 1 is 1.45 bits per heavy atom. The van der Waals surface area contributed by atoms with E-state index in [0.717, 1.165) is 18.7 Å². The largest absolute Gasteiger partial charge is 0.344 e. The molecule has 0 radical (unpaired) electrons. The number of nitrogens with zero attached hydrogens (tertiary/aromatic N) is 5. The molecular formula is C15H22N6O. The van der Waals surface area contributed by atoms with Gasteiger partial charge >= 0.3 is 0 Å². The van der Waals surface area contributed by atoms with Crippen LogP contribution in [0.4, 0.5) is 0 Å². The maximum Gasteiger partial charge on any atom is 0.227 e. The molecule has 1 amide bonds. The molecule has 0 aromatic carbocycles. The summed E-state index contributed by atoms with van der Waals surface area (Å²) in [4.78, 5) is 14.5. The quantitative estimate of drug-likeness (QED) is 0.849. The molecule has 3 heterocycles. The third-order valence-corrected chi connectivity index (χ3v) is 4.28. The van der Waals surface area contributed by atoms with Gasteiger partial charge in [0, 0.05) is 58.2 Å². The van der Waals surface area contributed by atoms with Crippen molar-refractivity contribution < 1.29 is 4.79 Å². The summed E-state index contributed by atoms with van der Waals surface area (Å²) in [5.41, 5.74) is 1.13. The second kappa shape index (κ2) is 6.31. The number of hydrogen-bond donors (Lipinski definition) is 1. The molecule has 1 saturated heterocycles. The van der Waals surface area contributed by atoms with Crippen LogP contribution in [0.15, 0.2) is 30.9 Å². The van der Waals surface area contributed by atoms with Gasteiger partial charge in [-0.05, 0) is 11.6 Å². The summed E-state index contributed by atoms with van der Waals surface area (Å²) in [5, 5.41) is 11.7. The van der Waals surface area contributed by atoms with E-state index in [-0.39, 0.29) is 17.7 Å². The summed E-state index contributed by atoms with van der Waals surface area (Å²) >= 11 is 0. The van der Waals surface area contributed by atoms with Gasteiger partial charge < -0.3 is 10.2 Å². The van der Waals surface area contributed by atoms with Crippen LogP contribution in [0.1, 0.15) is 11.5 Å². The summed E-state index contributed by atoms with van der Waals surface area (Å²) in [6, 6.07) is 1.89. The fourth-order valence-electron chi connectivity index (χ4n) is 3.00. The molecule has 0 bridgehead atoms. The number of aromatic nitrogens is 4. The number of rotatable bonds is 5. The van der Waals surface area contributed by atoms with E-state index in [0.29, 0.717) is 13.1 Å². The number of aryl methyl sites for hydroxylation is 1. The molecule has 7 heteroatoms. The van der Waals surface area contributed by atoms with E-state index in [1.165, 1.54) is 0 Å². The minimum atomic E-state index is -0.0215. The van der Waals surface area contributed by atoms with E-state index in [9.17, 15) is 4.79 Å². The van der Waals surface area contributed by atoms with E-state index in [4.69, 9.17) is 0 Å². The Balaban J connectivity index is 1.62. The van der Waals surface area contributed by atoms with Crippen LogP contribution in [0, 0.1) is 5.92 Å². The van der Waals surface area contributed by atoms with E-state index in [2.05, 4.69) is 15.5 Å². The second-order valence-corrected chi connectivity index (χ2v) is 5.85. The van der Waals surface area contributed by atoms with E-state index in [1.54, 1.807) is 10.9 Å². The van der Waals surface area contributed by atoms with E-state index >= 15 is 0 Å². The summed E-state index contributed by atoms with van der Waals surface area (Å²) in [6.07, 6.45) is 7.53. The molecule has 0 saturated carbocycles. The van der Waals surface area contributed by atoms with Gasteiger partial charge in [0.05, 0.1) is 18.7 Å². The Bertz CT molecular complexity index is 620. The van der Waals surface area contributed by atoms with Gasteiger partial charge in [-0.25, -0.2) is 0 Å². The number of carbonyl (C=O) groups excluding carboxylic acids is 1. The molecule has 2 aromatic rings. The Morgan fingerprint density at radius 3 is 3.00 bits per heavy atom. The highest BCUT2D eigenvalue weighted by molar-refractivity contribution is 5.80. The highest BCUT2D eigenvalue weighted by Crippen LogP contribution is 2.29. The molecule has 0 aliphatic carbocycles. The molecule has 118 valence electrons. The summed E-state index contributed by atoms with van der Waals surface area (Å²) in [6.45, 7) is 2.93. The summed E-state index contributed by atoms with van der Waals surface area (Å²) in [5.74, 6) is 0.367. The molecule has 1 aliphatic heterocycles. The van der Waals surface area contributed by atoms with Gasteiger partial charge in [-0.1, -0.05) is 0 Å². The first kappa shape index (κ1) is 14.8. The molecule has 1 N–H and O–H groups in total. The lowest BCUT2D eigenvalue weighted by molar-refractivity contribution is -0.134.